The van der Waals surface area contributed by atoms with Gasteiger partial charge in [0.15, 0.2) is 0 Å². The molecule has 0 saturated heterocycles. The van der Waals surface area contributed by atoms with Crippen LogP contribution < -0.4 is 0 Å². The van der Waals surface area contributed by atoms with Gasteiger partial charge in [-0.1, -0.05) is 18.2 Å². The van der Waals surface area contributed by atoms with Crippen molar-refractivity contribution in [2.75, 3.05) is 0 Å². The van der Waals surface area contributed by atoms with Crippen molar-refractivity contribution in [2.45, 2.75) is 13.8 Å². The Morgan fingerprint density at radius 3 is 2.53 bits per heavy atom. The van der Waals surface area contributed by atoms with E-state index < -0.39 is 0 Å². The van der Waals surface area contributed by atoms with Crippen LogP contribution in [0.4, 0.5) is 0 Å². The van der Waals surface area contributed by atoms with Crippen LogP contribution in [-0.2, 0) is 0 Å². The third-order valence-corrected chi connectivity index (χ3v) is 3.16. The first-order valence-corrected chi connectivity index (χ1v) is 6.14. The highest BCUT2D eigenvalue weighted by molar-refractivity contribution is 5.73. The van der Waals surface area contributed by atoms with Crippen molar-refractivity contribution in [2.24, 2.45) is 0 Å². The molecule has 0 amide bonds. The summed E-state index contributed by atoms with van der Waals surface area (Å²) < 4.78 is 1.79. The Balaban J connectivity index is 2.27. The summed E-state index contributed by atoms with van der Waals surface area (Å²) in [5, 5.41) is 4.27. The molecular formula is C15H14N4. The van der Waals surface area contributed by atoms with Crippen LogP contribution in [0.2, 0.25) is 0 Å². The van der Waals surface area contributed by atoms with E-state index in [1.165, 1.54) is 11.1 Å². The van der Waals surface area contributed by atoms with Gasteiger partial charge in [0.1, 0.15) is 12.0 Å². The summed E-state index contributed by atoms with van der Waals surface area (Å²) in [4.78, 5) is 8.57. The molecular weight excluding hydrogens is 236 g/mol. The molecule has 0 aliphatic heterocycles. The van der Waals surface area contributed by atoms with E-state index in [1.807, 2.05) is 12.3 Å². The zero-order valence-corrected chi connectivity index (χ0v) is 10.9. The highest BCUT2D eigenvalue weighted by Crippen LogP contribution is 2.29. The highest BCUT2D eigenvalue weighted by atomic mass is 15.3. The zero-order chi connectivity index (χ0) is 13.2. The van der Waals surface area contributed by atoms with Crippen LogP contribution in [0.5, 0.6) is 0 Å². The quantitative estimate of drug-likeness (QED) is 0.702. The molecule has 1 aromatic carbocycles. The van der Waals surface area contributed by atoms with Gasteiger partial charge in [-0.3, -0.25) is 0 Å². The van der Waals surface area contributed by atoms with E-state index >= 15 is 0 Å². The maximum atomic E-state index is 4.45. The highest BCUT2D eigenvalue weighted by Gasteiger charge is 2.13. The molecule has 0 N–H and O–H groups in total. The maximum Gasteiger partial charge on any atom is 0.116 e. The van der Waals surface area contributed by atoms with Crippen molar-refractivity contribution >= 4 is 0 Å². The molecule has 94 valence electrons. The summed E-state index contributed by atoms with van der Waals surface area (Å²) in [6.07, 6.45) is 7.02. The summed E-state index contributed by atoms with van der Waals surface area (Å²) in [5.74, 6) is 0. The van der Waals surface area contributed by atoms with Crippen molar-refractivity contribution in [1.82, 2.24) is 19.7 Å². The molecule has 0 radical (unpaired) electrons. The Morgan fingerprint density at radius 1 is 1.05 bits per heavy atom. The van der Waals surface area contributed by atoms with E-state index in [-0.39, 0.29) is 0 Å². The maximum absolute atomic E-state index is 4.45. The topological polar surface area (TPSA) is 43.6 Å². The van der Waals surface area contributed by atoms with Gasteiger partial charge < -0.3 is 0 Å². The lowest BCUT2D eigenvalue weighted by Crippen LogP contribution is -2.02. The average molecular weight is 250 g/mol. The van der Waals surface area contributed by atoms with Gasteiger partial charge in [-0.25, -0.2) is 14.6 Å². The van der Waals surface area contributed by atoms with Gasteiger partial charge >= 0.3 is 0 Å². The largest absolute Gasteiger partial charge is 0.243 e. The predicted molar refractivity (Wildman–Crippen MR) is 74.1 cm³/mol. The summed E-state index contributed by atoms with van der Waals surface area (Å²) in [7, 11) is 0. The van der Waals surface area contributed by atoms with E-state index in [0.717, 1.165) is 16.9 Å². The molecule has 4 heteroatoms. The summed E-state index contributed by atoms with van der Waals surface area (Å²) in [6, 6.07) is 8.14. The molecule has 0 aliphatic carbocycles. The van der Waals surface area contributed by atoms with Gasteiger partial charge in [-0.05, 0) is 31.0 Å². The lowest BCUT2D eigenvalue weighted by Gasteiger charge is -2.12. The molecule has 4 nitrogen and oxygen atoms in total. The van der Waals surface area contributed by atoms with Crippen LogP contribution in [0.3, 0.4) is 0 Å². The average Bonchev–Trinajstić information content (AvgIpc) is 2.93. The Kier molecular flexibility index (Phi) is 2.83. The number of hydrogen-bond donors (Lipinski definition) is 0. The van der Waals surface area contributed by atoms with Crippen molar-refractivity contribution in [3.63, 3.8) is 0 Å². The summed E-state index contributed by atoms with van der Waals surface area (Å²) >= 11 is 0. The van der Waals surface area contributed by atoms with Crippen molar-refractivity contribution < 1.29 is 0 Å². The van der Waals surface area contributed by atoms with Gasteiger partial charge in [0.25, 0.3) is 0 Å². The van der Waals surface area contributed by atoms with Crippen molar-refractivity contribution in [3.8, 4) is 16.9 Å². The molecule has 0 fully saturated rings. The molecule has 0 aliphatic rings. The van der Waals surface area contributed by atoms with E-state index in [4.69, 9.17) is 0 Å². The fourth-order valence-corrected chi connectivity index (χ4v) is 2.28. The van der Waals surface area contributed by atoms with E-state index in [1.54, 1.807) is 23.4 Å². The minimum absolute atomic E-state index is 0.893. The molecule has 19 heavy (non-hydrogen) atoms. The second-order valence-electron chi connectivity index (χ2n) is 4.47. The van der Waals surface area contributed by atoms with E-state index in [2.05, 4.69) is 47.1 Å². The van der Waals surface area contributed by atoms with Gasteiger partial charge in [0.05, 0.1) is 11.9 Å². The number of hydrogen-bond acceptors (Lipinski definition) is 3. The Bertz CT molecular complexity index is 682. The lowest BCUT2D eigenvalue weighted by atomic mass is 9.99. The third kappa shape index (κ3) is 2.01. The molecule has 0 bridgehead atoms. The molecule has 0 atom stereocenters. The van der Waals surface area contributed by atoms with Crippen LogP contribution in [0.1, 0.15) is 11.1 Å². The van der Waals surface area contributed by atoms with Crippen LogP contribution in [0.15, 0.2) is 49.2 Å². The summed E-state index contributed by atoms with van der Waals surface area (Å²) in [5.41, 5.74) is 5.36. The number of aromatic nitrogens is 4. The van der Waals surface area contributed by atoms with Gasteiger partial charge in [-0.2, -0.15) is 5.10 Å². The van der Waals surface area contributed by atoms with Gasteiger partial charge in [0, 0.05) is 18.0 Å². The number of benzene rings is 1. The molecule has 2 heterocycles. The fourth-order valence-electron chi connectivity index (χ4n) is 2.28. The number of rotatable bonds is 2. The van der Waals surface area contributed by atoms with E-state index in [0.29, 0.717) is 0 Å². The molecule has 0 saturated carbocycles. The number of aryl methyl sites for hydroxylation is 2. The van der Waals surface area contributed by atoms with Gasteiger partial charge in [0.2, 0.25) is 0 Å². The predicted octanol–water partition coefficient (Wildman–Crippen LogP) is 2.95. The Labute approximate surface area is 111 Å². The molecule has 3 aromatic rings. The minimum Gasteiger partial charge on any atom is -0.243 e. The SMILES string of the molecule is Cc1cccc(C)c1-c1ncncc1-n1cccn1. The zero-order valence-electron chi connectivity index (χ0n) is 10.9. The van der Waals surface area contributed by atoms with Crippen LogP contribution in [0.25, 0.3) is 16.9 Å². The fraction of sp³-hybridized carbons (Fsp3) is 0.133. The molecule has 0 spiro atoms. The second kappa shape index (κ2) is 4.65. The van der Waals surface area contributed by atoms with Crippen molar-refractivity contribution in [3.05, 3.63) is 60.3 Å². The molecule has 0 unspecified atom stereocenters. The first-order chi connectivity index (χ1) is 9.27. The standard InChI is InChI=1S/C15H14N4/c1-11-5-3-6-12(2)14(11)15-13(9-16-10-17-15)19-8-4-7-18-19/h3-10H,1-2H3. The summed E-state index contributed by atoms with van der Waals surface area (Å²) in [6.45, 7) is 4.19. The first-order valence-electron chi connectivity index (χ1n) is 6.14. The Hall–Kier alpha value is -2.49. The van der Waals surface area contributed by atoms with Crippen molar-refractivity contribution in [1.29, 1.82) is 0 Å². The normalized spacial score (nSPS) is 10.6. The van der Waals surface area contributed by atoms with Crippen LogP contribution in [-0.4, -0.2) is 19.7 Å². The Morgan fingerprint density at radius 2 is 1.84 bits per heavy atom. The molecule has 3 rings (SSSR count). The second-order valence-corrected chi connectivity index (χ2v) is 4.47. The number of nitrogens with zero attached hydrogens (tertiary/aromatic N) is 4. The van der Waals surface area contributed by atoms with Crippen LogP contribution in [0, 0.1) is 13.8 Å². The monoisotopic (exact) mass is 250 g/mol. The minimum atomic E-state index is 0.893. The van der Waals surface area contributed by atoms with Gasteiger partial charge in [-0.15, -0.1) is 0 Å². The lowest BCUT2D eigenvalue weighted by molar-refractivity contribution is 0.866. The third-order valence-electron chi connectivity index (χ3n) is 3.16. The van der Waals surface area contributed by atoms with E-state index in [9.17, 15) is 0 Å². The smallest absolute Gasteiger partial charge is 0.116 e. The first kappa shape index (κ1) is 11.6. The molecule has 2 aromatic heterocycles. The van der Waals surface area contributed by atoms with Crippen LogP contribution >= 0.6 is 0 Å².